The molecule has 0 unspecified atom stereocenters. The van der Waals surface area contributed by atoms with E-state index in [0.717, 1.165) is 110 Å². The van der Waals surface area contributed by atoms with Crippen LogP contribution in [0.3, 0.4) is 0 Å². The highest BCUT2D eigenvalue weighted by Gasteiger charge is 2.24. The molecule has 0 bridgehead atoms. The van der Waals surface area contributed by atoms with Gasteiger partial charge in [0.05, 0.1) is 44.5 Å². The van der Waals surface area contributed by atoms with Gasteiger partial charge in [-0.3, -0.25) is 9.13 Å². The van der Waals surface area contributed by atoms with Crippen LogP contribution in [0.4, 0.5) is 0 Å². The number of hydrogen-bond acceptors (Lipinski definition) is 4. The van der Waals surface area contributed by atoms with E-state index in [4.69, 9.17) is 19.9 Å². The highest BCUT2D eigenvalue weighted by molar-refractivity contribution is 6.28. The number of nitrogens with zero attached hydrogens (tertiary/aromatic N) is 6. The molecule has 6 nitrogen and oxygen atoms in total. The Bertz CT molecular complexity index is 3670. The standard InChI is InChI=1S/C58H36N6/c1-5-17-37(18-6-1)41-29-31-47-45(35-41)55(39-21-9-3-10-22-39)61-57(59-47)63-49-27-15-13-25-43(49)53-51(63)33-34-52-54(53)44-26-14-16-28-50(44)64(52)58-60-48-32-30-42(38-19-7-2-8-20-38)36-46(48)56(62-58)40-23-11-4-12-24-40/h1-36H. The van der Waals surface area contributed by atoms with E-state index in [9.17, 15) is 0 Å². The van der Waals surface area contributed by atoms with Gasteiger partial charge < -0.3 is 0 Å². The lowest BCUT2D eigenvalue weighted by Gasteiger charge is -2.13. The molecule has 0 aliphatic rings. The van der Waals surface area contributed by atoms with E-state index in [1.54, 1.807) is 0 Å². The first-order valence-electron chi connectivity index (χ1n) is 21.6. The molecule has 0 saturated carbocycles. The minimum atomic E-state index is 0.619. The van der Waals surface area contributed by atoms with Crippen LogP contribution in [-0.4, -0.2) is 29.1 Å². The van der Waals surface area contributed by atoms with Crippen LogP contribution in [0.2, 0.25) is 0 Å². The van der Waals surface area contributed by atoms with E-state index in [-0.39, 0.29) is 0 Å². The topological polar surface area (TPSA) is 61.4 Å². The number of benzene rings is 9. The van der Waals surface area contributed by atoms with Crippen molar-refractivity contribution in [3.05, 3.63) is 218 Å². The van der Waals surface area contributed by atoms with E-state index in [0.29, 0.717) is 11.9 Å². The van der Waals surface area contributed by atoms with Gasteiger partial charge in [-0.1, -0.05) is 170 Å². The van der Waals surface area contributed by atoms with Crippen molar-refractivity contribution in [3.63, 3.8) is 0 Å². The molecule has 4 aromatic heterocycles. The lowest BCUT2D eigenvalue weighted by Crippen LogP contribution is -2.04. The summed E-state index contributed by atoms with van der Waals surface area (Å²) in [6.45, 7) is 0. The molecule has 0 N–H and O–H groups in total. The van der Waals surface area contributed by atoms with E-state index in [2.05, 4.69) is 203 Å². The van der Waals surface area contributed by atoms with Crippen molar-refractivity contribution < 1.29 is 0 Å². The second-order valence-corrected chi connectivity index (χ2v) is 16.2. The zero-order valence-corrected chi connectivity index (χ0v) is 34.5. The van der Waals surface area contributed by atoms with E-state index < -0.39 is 0 Å². The van der Waals surface area contributed by atoms with Gasteiger partial charge in [-0.05, 0) is 70.8 Å². The van der Waals surface area contributed by atoms with E-state index in [1.165, 1.54) is 0 Å². The van der Waals surface area contributed by atoms with Crippen molar-refractivity contribution in [2.45, 2.75) is 0 Å². The number of para-hydroxylation sites is 2. The van der Waals surface area contributed by atoms with Gasteiger partial charge >= 0.3 is 0 Å². The summed E-state index contributed by atoms with van der Waals surface area (Å²) in [6, 6.07) is 76.5. The minimum absolute atomic E-state index is 0.619. The Kier molecular flexibility index (Phi) is 8.11. The molecule has 0 saturated heterocycles. The Labute approximate surface area is 368 Å². The highest BCUT2D eigenvalue weighted by atomic mass is 15.2. The first-order valence-corrected chi connectivity index (χ1v) is 21.6. The Morgan fingerprint density at radius 3 is 1.02 bits per heavy atom. The summed E-state index contributed by atoms with van der Waals surface area (Å²) < 4.78 is 4.47. The maximum atomic E-state index is 5.46. The SMILES string of the molecule is c1ccc(-c2ccc3nc(-n4c5ccccc5c5c6c7ccccc7n(-c7nc(-c8ccccc8)c8cc(-c9ccccc9)ccc8n7)c6ccc54)nc(-c4ccccc4)c3c2)cc1. The fourth-order valence-corrected chi connectivity index (χ4v) is 9.63. The summed E-state index contributed by atoms with van der Waals surface area (Å²) in [5.74, 6) is 1.24. The number of hydrogen-bond donors (Lipinski definition) is 0. The normalized spacial score (nSPS) is 11.8. The predicted octanol–water partition coefficient (Wildman–Crippen LogP) is 14.4. The zero-order chi connectivity index (χ0) is 42.1. The molecular formula is C58H36N6. The van der Waals surface area contributed by atoms with Crippen LogP contribution in [-0.2, 0) is 0 Å². The minimum Gasteiger partial charge on any atom is -0.278 e. The van der Waals surface area contributed by atoms with Gasteiger partial charge in [0.15, 0.2) is 0 Å². The van der Waals surface area contributed by atoms with Gasteiger partial charge in [0.25, 0.3) is 0 Å². The van der Waals surface area contributed by atoms with Gasteiger partial charge in [-0.25, -0.2) is 19.9 Å². The molecule has 9 aromatic carbocycles. The van der Waals surface area contributed by atoms with Gasteiger partial charge in [-0.2, -0.15) is 0 Å². The average Bonchev–Trinajstić information content (AvgIpc) is 3.89. The third kappa shape index (κ3) is 5.66. The van der Waals surface area contributed by atoms with Crippen molar-refractivity contribution in [2.24, 2.45) is 0 Å². The molecule has 13 aromatic rings. The Hall–Kier alpha value is -8.74. The van der Waals surface area contributed by atoms with Crippen LogP contribution >= 0.6 is 0 Å². The Balaban J connectivity index is 1.07. The summed E-state index contributed by atoms with van der Waals surface area (Å²) in [7, 11) is 0. The molecule has 0 spiro atoms. The smallest absolute Gasteiger partial charge is 0.235 e. The van der Waals surface area contributed by atoms with Crippen molar-refractivity contribution in [1.82, 2.24) is 29.1 Å². The third-order valence-electron chi connectivity index (χ3n) is 12.5. The van der Waals surface area contributed by atoms with Crippen LogP contribution in [0.15, 0.2) is 218 Å². The number of fused-ring (bicyclic) bond motifs is 9. The van der Waals surface area contributed by atoms with Crippen LogP contribution in [0.5, 0.6) is 0 Å². The van der Waals surface area contributed by atoms with E-state index >= 15 is 0 Å². The van der Waals surface area contributed by atoms with Gasteiger partial charge in [0.2, 0.25) is 11.9 Å². The van der Waals surface area contributed by atoms with Gasteiger partial charge in [0.1, 0.15) is 0 Å². The quantitative estimate of drug-likeness (QED) is 0.168. The fraction of sp³-hybridized carbons (Fsp3) is 0. The van der Waals surface area contributed by atoms with Crippen LogP contribution in [0.25, 0.3) is 122 Å². The summed E-state index contributed by atoms with van der Waals surface area (Å²) in [6.07, 6.45) is 0. The molecule has 0 fully saturated rings. The number of aromatic nitrogens is 6. The van der Waals surface area contributed by atoms with Crippen molar-refractivity contribution in [3.8, 4) is 56.7 Å². The molecule has 64 heavy (non-hydrogen) atoms. The molecule has 0 amide bonds. The van der Waals surface area contributed by atoms with Crippen molar-refractivity contribution >= 4 is 65.4 Å². The predicted molar refractivity (Wildman–Crippen MR) is 263 cm³/mol. The van der Waals surface area contributed by atoms with Crippen LogP contribution < -0.4 is 0 Å². The maximum absolute atomic E-state index is 5.46. The summed E-state index contributed by atoms with van der Waals surface area (Å²) in [5.41, 5.74) is 14.3. The van der Waals surface area contributed by atoms with Gasteiger partial charge in [0, 0.05) is 43.4 Å². The monoisotopic (exact) mass is 816 g/mol. The summed E-state index contributed by atoms with van der Waals surface area (Å²) in [4.78, 5) is 21.6. The van der Waals surface area contributed by atoms with Gasteiger partial charge in [-0.15, -0.1) is 0 Å². The van der Waals surface area contributed by atoms with Crippen LogP contribution in [0.1, 0.15) is 0 Å². The molecular weight excluding hydrogens is 781 g/mol. The second kappa shape index (κ2) is 14.4. The number of rotatable bonds is 6. The molecule has 4 heterocycles. The fourth-order valence-electron chi connectivity index (χ4n) is 9.63. The molecule has 6 heteroatoms. The summed E-state index contributed by atoms with van der Waals surface area (Å²) in [5, 5.41) is 6.50. The Morgan fingerprint density at radius 2 is 0.609 bits per heavy atom. The third-order valence-corrected chi connectivity index (χ3v) is 12.5. The van der Waals surface area contributed by atoms with Crippen molar-refractivity contribution in [2.75, 3.05) is 0 Å². The first kappa shape index (κ1) is 36.0. The lowest BCUT2D eigenvalue weighted by molar-refractivity contribution is 1.01. The molecule has 13 rings (SSSR count). The largest absolute Gasteiger partial charge is 0.278 e. The maximum Gasteiger partial charge on any atom is 0.235 e. The first-order chi connectivity index (χ1) is 31.7. The summed E-state index contributed by atoms with van der Waals surface area (Å²) >= 11 is 0. The zero-order valence-electron chi connectivity index (χ0n) is 34.5. The average molecular weight is 817 g/mol. The highest BCUT2D eigenvalue weighted by Crippen LogP contribution is 2.43. The Morgan fingerprint density at radius 1 is 0.250 bits per heavy atom. The van der Waals surface area contributed by atoms with E-state index in [1.807, 2.05) is 24.3 Å². The second-order valence-electron chi connectivity index (χ2n) is 16.2. The molecule has 0 radical (unpaired) electrons. The van der Waals surface area contributed by atoms with Crippen LogP contribution in [0, 0.1) is 0 Å². The molecule has 0 aliphatic carbocycles. The lowest BCUT2D eigenvalue weighted by atomic mass is 10.0. The van der Waals surface area contributed by atoms with Crippen molar-refractivity contribution in [1.29, 1.82) is 0 Å². The molecule has 0 atom stereocenters. The molecule has 0 aliphatic heterocycles. The molecule has 298 valence electrons.